The summed E-state index contributed by atoms with van der Waals surface area (Å²) in [4.78, 5) is 4.79. The van der Waals surface area contributed by atoms with Gasteiger partial charge < -0.3 is 18.6 Å². The summed E-state index contributed by atoms with van der Waals surface area (Å²) in [6, 6.07) is 41.0. The second-order valence-corrected chi connectivity index (χ2v) is 12.6. The summed E-state index contributed by atoms with van der Waals surface area (Å²) >= 11 is 0. The predicted octanol–water partition coefficient (Wildman–Crippen LogP) is 9.63. The first-order valence-electron chi connectivity index (χ1n) is 17.0. The molecule has 0 aliphatic rings. The molecular weight excluding hydrogens is 580 g/mol. The van der Waals surface area contributed by atoms with Crippen LogP contribution in [0, 0.1) is 6.33 Å². The van der Waals surface area contributed by atoms with Crippen LogP contribution in [0.1, 0.15) is 30.4 Å². The number of fused-ring (bicyclic) bond motifs is 4. The molecule has 6 heteroatoms. The third-order valence-corrected chi connectivity index (χ3v) is 8.40. The van der Waals surface area contributed by atoms with Crippen LogP contribution in [0.5, 0.6) is 23.0 Å². The SMILES string of the molecule is [2H]C([2H])([2H])[n+]1[c-]n(-c2cccc(Oc3ccc4c5ccccc5n(-c5cc(C(C)(C)C)ccn5)c4c3)c2)c2ccc(Oc3ccccc3)cc21. The lowest BCUT2D eigenvalue weighted by Crippen LogP contribution is -2.26. The first-order valence-corrected chi connectivity index (χ1v) is 15.5. The number of nitrogens with zero attached hydrogens (tertiary/aromatic N) is 4. The average molecular weight is 618 g/mol. The Hall–Kier alpha value is -5.88. The lowest BCUT2D eigenvalue weighted by molar-refractivity contribution is -0.649. The molecule has 0 N–H and O–H groups in total. The Morgan fingerprint density at radius 3 is 2.23 bits per heavy atom. The zero-order chi connectivity index (χ0) is 34.6. The summed E-state index contributed by atoms with van der Waals surface area (Å²) in [5, 5.41) is 2.23. The second-order valence-electron chi connectivity index (χ2n) is 12.6. The van der Waals surface area contributed by atoms with Gasteiger partial charge in [0.15, 0.2) is 0 Å². The lowest BCUT2D eigenvalue weighted by Gasteiger charge is -2.20. The number of ether oxygens (including phenoxy) is 2. The fraction of sp³-hybridized carbons (Fsp3) is 0.122. The Balaban J connectivity index is 1.18. The van der Waals surface area contributed by atoms with Gasteiger partial charge in [0.2, 0.25) is 6.33 Å². The number of para-hydroxylation sites is 2. The molecule has 5 aromatic carbocycles. The minimum Gasteiger partial charge on any atom is -0.458 e. The van der Waals surface area contributed by atoms with E-state index in [1.807, 2.05) is 91.1 Å². The molecule has 6 nitrogen and oxygen atoms in total. The van der Waals surface area contributed by atoms with Gasteiger partial charge in [-0.25, -0.2) is 4.98 Å². The highest BCUT2D eigenvalue weighted by molar-refractivity contribution is 6.09. The van der Waals surface area contributed by atoms with Crippen molar-refractivity contribution in [2.24, 2.45) is 6.98 Å². The van der Waals surface area contributed by atoms with E-state index in [-0.39, 0.29) is 5.41 Å². The second kappa shape index (κ2) is 11.2. The average Bonchev–Trinajstić information content (AvgIpc) is 3.65. The summed E-state index contributed by atoms with van der Waals surface area (Å²) < 4.78 is 42.3. The first-order chi connectivity index (χ1) is 24.0. The van der Waals surface area contributed by atoms with Crippen molar-refractivity contribution in [1.82, 2.24) is 14.1 Å². The quantitative estimate of drug-likeness (QED) is 0.138. The maximum absolute atomic E-state index is 8.22. The summed E-state index contributed by atoms with van der Waals surface area (Å²) in [6.45, 7) is 4.14. The molecule has 0 atom stereocenters. The molecule has 8 rings (SSSR count). The number of hydrogen-bond acceptors (Lipinski definition) is 3. The van der Waals surface area contributed by atoms with E-state index in [1.165, 1.54) is 10.1 Å². The van der Waals surface area contributed by atoms with Crippen LogP contribution in [0.15, 0.2) is 134 Å². The molecule has 0 spiro atoms. The molecule has 3 aromatic heterocycles. The van der Waals surface area contributed by atoms with Gasteiger partial charge in [-0.1, -0.05) is 75.4 Å². The Morgan fingerprint density at radius 2 is 1.38 bits per heavy atom. The molecular formula is C41H34N4O2. The molecule has 0 bridgehead atoms. The molecule has 230 valence electrons. The van der Waals surface area contributed by atoms with Crippen molar-refractivity contribution >= 4 is 32.8 Å². The number of aromatic nitrogens is 4. The van der Waals surface area contributed by atoms with Crippen molar-refractivity contribution < 1.29 is 18.2 Å². The van der Waals surface area contributed by atoms with Crippen molar-refractivity contribution in [2.75, 3.05) is 0 Å². The highest BCUT2D eigenvalue weighted by Crippen LogP contribution is 2.36. The van der Waals surface area contributed by atoms with Crippen LogP contribution in [0.3, 0.4) is 0 Å². The normalized spacial score (nSPS) is 13.0. The van der Waals surface area contributed by atoms with Crippen LogP contribution in [0.25, 0.3) is 44.3 Å². The van der Waals surface area contributed by atoms with Crippen LogP contribution in [0.2, 0.25) is 0 Å². The molecule has 0 fully saturated rings. The molecule has 0 aliphatic heterocycles. The topological polar surface area (TPSA) is 45.1 Å². The largest absolute Gasteiger partial charge is 0.458 e. The van der Waals surface area contributed by atoms with Gasteiger partial charge >= 0.3 is 0 Å². The monoisotopic (exact) mass is 617 g/mol. The maximum Gasteiger partial charge on any atom is 0.244 e. The van der Waals surface area contributed by atoms with E-state index in [0.29, 0.717) is 39.7 Å². The number of hydrogen-bond donors (Lipinski definition) is 0. The molecule has 47 heavy (non-hydrogen) atoms. The number of benzene rings is 5. The molecule has 0 saturated heterocycles. The van der Waals surface area contributed by atoms with Crippen LogP contribution < -0.4 is 14.0 Å². The van der Waals surface area contributed by atoms with Crippen molar-refractivity contribution in [3.05, 3.63) is 145 Å². The van der Waals surface area contributed by atoms with Gasteiger partial charge in [-0.05, 0) is 77.7 Å². The summed E-state index contributed by atoms with van der Waals surface area (Å²) in [7, 11) is 0. The highest BCUT2D eigenvalue weighted by Gasteiger charge is 2.18. The number of pyridine rings is 1. The van der Waals surface area contributed by atoms with Crippen LogP contribution in [0.4, 0.5) is 0 Å². The zero-order valence-electron chi connectivity index (χ0n) is 29.3. The van der Waals surface area contributed by atoms with Gasteiger partial charge in [-0.3, -0.25) is 4.57 Å². The van der Waals surface area contributed by atoms with Gasteiger partial charge in [0, 0.05) is 23.0 Å². The van der Waals surface area contributed by atoms with E-state index in [1.54, 1.807) is 10.6 Å². The Morgan fingerprint density at radius 1 is 0.660 bits per heavy atom. The van der Waals surface area contributed by atoms with E-state index in [9.17, 15) is 0 Å². The van der Waals surface area contributed by atoms with E-state index in [0.717, 1.165) is 27.6 Å². The van der Waals surface area contributed by atoms with Crippen molar-refractivity contribution in [2.45, 2.75) is 26.2 Å². The van der Waals surface area contributed by atoms with Gasteiger partial charge in [0.1, 0.15) is 28.8 Å². The van der Waals surface area contributed by atoms with E-state index in [2.05, 4.69) is 68.1 Å². The van der Waals surface area contributed by atoms with Gasteiger partial charge in [0.25, 0.3) is 0 Å². The molecule has 0 amide bonds. The Bertz CT molecular complexity index is 2530. The molecule has 0 aliphatic carbocycles. The minimum atomic E-state index is -2.46. The van der Waals surface area contributed by atoms with Crippen LogP contribution >= 0.6 is 0 Å². The van der Waals surface area contributed by atoms with E-state index in [4.69, 9.17) is 18.6 Å². The zero-order valence-corrected chi connectivity index (χ0v) is 26.3. The number of imidazole rings is 1. The van der Waals surface area contributed by atoms with Crippen molar-refractivity contribution in [3.8, 4) is 34.5 Å². The van der Waals surface area contributed by atoms with Crippen molar-refractivity contribution in [3.63, 3.8) is 0 Å². The summed E-state index contributed by atoms with van der Waals surface area (Å²) in [5.74, 6) is 3.29. The number of aryl methyl sites for hydroxylation is 1. The maximum atomic E-state index is 8.22. The van der Waals surface area contributed by atoms with Gasteiger partial charge in [0.05, 0.1) is 38.8 Å². The summed E-state index contributed by atoms with van der Waals surface area (Å²) in [6.07, 6.45) is 4.93. The molecule has 0 unspecified atom stereocenters. The fourth-order valence-electron chi connectivity index (χ4n) is 6.05. The third kappa shape index (κ3) is 5.28. The Kier molecular flexibility index (Phi) is 6.02. The van der Waals surface area contributed by atoms with Gasteiger partial charge in [-0.15, -0.1) is 0 Å². The minimum absolute atomic E-state index is 0.0286. The van der Waals surface area contributed by atoms with Crippen LogP contribution in [-0.4, -0.2) is 14.1 Å². The summed E-state index contributed by atoms with van der Waals surface area (Å²) in [5.41, 5.74) is 5.05. The van der Waals surface area contributed by atoms with Crippen molar-refractivity contribution in [1.29, 1.82) is 0 Å². The first kappa shape index (κ1) is 25.3. The van der Waals surface area contributed by atoms with Gasteiger partial charge in [-0.2, -0.15) is 0 Å². The number of rotatable bonds is 6. The Labute approximate surface area is 277 Å². The third-order valence-electron chi connectivity index (χ3n) is 8.40. The molecule has 0 saturated carbocycles. The lowest BCUT2D eigenvalue weighted by atomic mass is 9.88. The molecule has 0 radical (unpaired) electrons. The predicted molar refractivity (Wildman–Crippen MR) is 187 cm³/mol. The van der Waals surface area contributed by atoms with Crippen LogP contribution in [-0.2, 0) is 12.4 Å². The highest BCUT2D eigenvalue weighted by atomic mass is 16.5. The standard InChI is InChI=1S/C41H34N4O2/c1-41(2,3)28-21-22-42-40(23-28)45-36-16-9-8-15-34(36)35-19-17-32(25-38(35)45)47-31-14-10-11-29(24-31)44-27-43(4)39-26-33(18-20-37(39)44)46-30-12-6-5-7-13-30/h5-26H,1-4H3/i4D3. The van der Waals surface area contributed by atoms with E-state index >= 15 is 0 Å². The fourth-order valence-corrected chi connectivity index (χ4v) is 6.05. The van der Waals surface area contributed by atoms with E-state index < -0.39 is 6.98 Å². The molecule has 8 aromatic rings. The smallest absolute Gasteiger partial charge is 0.244 e. The molecule has 3 heterocycles.